The molecule has 1 aromatic carbocycles. The maximum Gasteiger partial charge on any atom is 0.248 e. The largest absolute Gasteiger partial charge is 0.354 e. The number of anilines is 1. The summed E-state index contributed by atoms with van der Waals surface area (Å²) in [7, 11) is 0. The Balaban J connectivity index is 1.68. The van der Waals surface area contributed by atoms with Gasteiger partial charge in [0.25, 0.3) is 0 Å². The van der Waals surface area contributed by atoms with E-state index in [9.17, 15) is 4.79 Å². The number of H-pyrrole nitrogens is 1. The molecule has 2 heterocycles. The number of halogens is 1. The molecule has 0 unspecified atom stereocenters. The number of amides is 1. The lowest BCUT2D eigenvalue weighted by Crippen LogP contribution is -2.19. The zero-order valence-electron chi connectivity index (χ0n) is 15.5. The molecule has 1 amide bonds. The third-order valence-electron chi connectivity index (χ3n) is 4.26. The minimum absolute atomic E-state index is 0.0174. The van der Waals surface area contributed by atoms with Crippen molar-refractivity contribution in [1.82, 2.24) is 19.7 Å². The maximum absolute atomic E-state index is 12.6. The summed E-state index contributed by atoms with van der Waals surface area (Å²) in [6.45, 7) is 4.92. The molecule has 0 spiro atoms. The van der Waals surface area contributed by atoms with Crippen molar-refractivity contribution in [1.29, 1.82) is 0 Å². The predicted molar refractivity (Wildman–Crippen MR) is 107 cm³/mol. The van der Waals surface area contributed by atoms with Gasteiger partial charge in [0.15, 0.2) is 0 Å². The van der Waals surface area contributed by atoms with Crippen LogP contribution in [-0.4, -0.2) is 25.7 Å². The van der Waals surface area contributed by atoms with Gasteiger partial charge in [-0.1, -0.05) is 37.6 Å². The van der Waals surface area contributed by atoms with Crippen molar-refractivity contribution in [3.63, 3.8) is 0 Å². The number of rotatable bonds is 8. The fourth-order valence-electron chi connectivity index (χ4n) is 3.00. The van der Waals surface area contributed by atoms with Crippen molar-refractivity contribution in [3.05, 3.63) is 65.2 Å². The van der Waals surface area contributed by atoms with E-state index >= 15 is 0 Å². The van der Waals surface area contributed by atoms with Gasteiger partial charge < -0.3 is 4.57 Å². The molecule has 0 aliphatic carbocycles. The molecule has 0 aliphatic rings. The number of hydrogen-bond acceptors (Lipinski definition) is 3. The van der Waals surface area contributed by atoms with Crippen LogP contribution in [0.2, 0.25) is 5.02 Å². The number of carbonyl (C=O) groups is 1. The van der Waals surface area contributed by atoms with E-state index in [-0.39, 0.29) is 11.8 Å². The lowest BCUT2D eigenvalue weighted by atomic mass is 9.95. The van der Waals surface area contributed by atoms with E-state index in [1.807, 2.05) is 48.8 Å². The lowest BCUT2D eigenvalue weighted by molar-refractivity contribution is -0.116. The molecule has 3 rings (SSSR count). The first kappa shape index (κ1) is 19.2. The van der Waals surface area contributed by atoms with Crippen LogP contribution in [0.4, 0.5) is 5.95 Å². The van der Waals surface area contributed by atoms with Crippen LogP contribution < -0.4 is 5.32 Å². The highest BCUT2D eigenvalue weighted by atomic mass is 35.5. The Morgan fingerprint density at radius 2 is 1.93 bits per heavy atom. The summed E-state index contributed by atoms with van der Waals surface area (Å²) in [5.74, 6) is 1.48. The molecule has 2 aromatic heterocycles. The third-order valence-corrected chi connectivity index (χ3v) is 4.51. The van der Waals surface area contributed by atoms with Gasteiger partial charge in [-0.15, -0.1) is 5.10 Å². The average molecular weight is 386 g/mol. The first-order chi connectivity index (χ1) is 13.0. The minimum Gasteiger partial charge on any atom is -0.354 e. The second-order valence-corrected chi connectivity index (χ2v) is 7.52. The van der Waals surface area contributed by atoms with Crippen molar-refractivity contribution in [2.75, 3.05) is 5.32 Å². The van der Waals surface area contributed by atoms with Gasteiger partial charge in [0.05, 0.1) is 0 Å². The van der Waals surface area contributed by atoms with Crippen molar-refractivity contribution >= 4 is 23.5 Å². The molecule has 0 aliphatic heterocycles. The highest BCUT2D eigenvalue weighted by Gasteiger charge is 2.18. The molecule has 142 valence electrons. The summed E-state index contributed by atoms with van der Waals surface area (Å²) in [5.41, 5.74) is 1.07. The Kier molecular flexibility index (Phi) is 6.29. The van der Waals surface area contributed by atoms with Crippen LogP contribution in [0.15, 0.2) is 48.8 Å². The van der Waals surface area contributed by atoms with Crippen molar-refractivity contribution in [2.45, 2.75) is 39.2 Å². The van der Waals surface area contributed by atoms with Gasteiger partial charge in [0.1, 0.15) is 5.82 Å². The number of nitrogens with zero attached hydrogens (tertiary/aromatic N) is 3. The Hall–Kier alpha value is -2.60. The van der Waals surface area contributed by atoms with Gasteiger partial charge >= 0.3 is 0 Å². The Labute approximate surface area is 164 Å². The molecule has 7 heteroatoms. The van der Waals surface area contributed by atoms with Gasteiger partial charge in [-0.05, 0) is 35.7 Å². The number of aromatic amines is 1. The van der Waals surface area contributed by atoms with Crippen LogP contribution in [0.1, 0.15) is 37.6 Å². The van der Waals surface area contributed by atoms with Gasteiger partial charge in [0, 0.05) is 42.7 Å². The SMILES string of the molecule is CC(C)Cc1nc(NC(=O)C[C@@H](Cn2cccc2)c2ccc(Cl)cc2)n[nH]1. The van der Waals surface area contributed by atoms with E-state index in [4.69, 9.17) is 11.6 Å². The van der Waals surface area contributed by atoms with Gasteiger partial charge in [-0.2, -0.15) is 4.98 Å². The maximum atomic E-state index is 12.6. The normalized spacial score (nSPS) is 12.3. The van der Waals surface area contributed by atoms with E-state index in [1.54, 1.807) is 0 Å². The Morgan fingerprint density at radius 3 is 2.59 bits per heavy atom. The molecule has 0 saturated carbocycles. The molecule has 6 nitrogen and oxygen atoms in total. The number of benzene rings is 1. The molecular weight excluding hydrogens is 362 g/mol. The molecule has 0 bridgehead atoms. The van der Waals surface area contributed by atoms with Crippen LogP contribution >= 0.6 is 11.6 Å². The summed E-state index contributed by atoms with van der Waals surface area (Å²) >= 11 is 6.01. The number of carbonyl (C=O) groups excluding carboxylic acids is 1. The fraction of sp³-hybridized carbons (Fsp3) is 0.350. The fourth-order valence-corrected chi connectivity index (χ4v) is 3.12. The van der Waals surface area contributed by atoms with Crippen molar-refractivity contribution in [2.24, 2.45) is 5.92 Å². The highest BCUT2D eigenvalue weighted by molar-refractivity contribution is 6.30. The lowest BCUT2D eigenvalue weighted by Gasteiger charge is -2.18. The van der Waals surface area contributed by atoms with E-state index in [0.717, 1.165) is 17.8 Å². The molecule has 2 N–H and O–H groups in total. The molecule has 1 atom stereocenters. The molecule has 0 saturated heterocycles. The first-order valence-corrected chi connectivity index (χ1v) is 9.44. The molecular formula is C20H24ClN5O. The van der Waals surface area contributed by atoms with E-state index in [0.29, 0.717) is 29.9 Å². The first-order valence-electron chi connectivity index (χ1n) is 9.07. The predicted octanol–water partition coefficient (Wildman–Crippen LogP) is 4.27. The second-order valence-electron chi connectivity index (χ2n) is 7.08. The molecule has 27 heavy (non-hydrogen) atoms. The van der Waals surface area contributed by atoms with E-state index < -0.39 is 0 Å². The summed E-state index contributed by atoms with van der Waals surface area (Å²) in [6.07, 6.45) is 5.11. The summed E-state index contributed by atoms with van der Waals surface area (Å²) < 4.78 is 2.07. The number of hydrogen-bond donors (Lipinski definition) is 2. The minimum atomic E-state index is -0.114. The zero-order chi connectivity index (χ0) is 19.2. The van der Waals surface area contributed by atoms with Gasteiger partial charge in [0.2, 0.25) is 11.9 Å². The summed E-state index contributed by atoms with van der Waals surface area (Å²) in [5, 5.41) is 10.4. The van der Waals surface area contributed by atoms with Crippen LogP contribution in [0, 0.1) is 5.92 Å². The Bertz CT molecular complexity index is 855. The molecule has 0 radical (unpaired) electrons. The van der Waals surface area contributed by atoms with Crippen LogP contribution in [0.25, 0.3) is 0 Å². The second kappa shape index (κ2) is 8.86. The summed E-state index contributed by atoms with van der Waals surface area (Å²) in [6, 6.07) is 11.6. The smallest absolute Gasteiger partial charge is 0.248 e. The van der Waals surface area contributed by atoms with Crippen LogP contribution in [0.5, 0.6) is 0 Å². The Morgan fingerprint density at radius 1 is 1.22 bits per heavy atom. The average Bonchev–Trinajstić information content (AvgIpc) is 3.26. The van der Waals surface area contributed by atoms with Crippen LogP contribution in [-0.2, 0) is 17.8 Å². The summed E-state index contributed by atoms with van der Waals surface area (Å²) in [4.78, 5) is 16.9. The number of aromatic nitrogens is 4. The van der Waals surface area contributed by atoms with E-state index in [1.165, 1.54) is 0 Å². The third kappa shape index (κ3) is 5.69. The van der Waals surface area contributed by atoms with Gasteiger partial charge in [-0.25, -0.2) is 0 Å². The molecule has 3 aromatic rings. The van der Waals surface area contributed by atoms with Gasteiger partial charge in [-0.3, -0.25) is 15.2 Å². The van der Waals surface area contributed by atoms with E-state index in [2.05, 4.69) is 38.9 Å². The monoisotopic (exact) mass is 385 g/mol. The van der Waals surface area contributed by atoms with Crippen LogP contribution in [0.3, 0.4) is 0 Å². The quantitative estimate of drug-likeness (QED) is 0.608. The van der Waals surface area contributed by atoms with Crippen molar-refractivity contribution in [3.8, 4) is 0 Å². The standard InChI is InChI=1S/C20H24ClN5O/c1-14(2)11-18-22-20(25-24-18)23-19(27)12-16(13-26-9-3-4-10-26)15-5-7-17(21)8-6-15/h3-10,14,16H,11-13H2,1-2H3,(H2,22,23,24,25,27)/t16-/m0/s1. The highest BCUT2D eigenvalue weighted by Crippen LogP contribution is 2.24. The molecule has 0 fully saturated rings. The zero-order valence-corrected chi connectivity index (χ0v) is 16.3. The number of nitrogens with one attached hydrogen (secondary N) is 2. The van der Waals surface area contributed by atoms with Crippen molar-refractivity contribution < 1.29 is 4.79 Å². The topological polar surface area (TPSA) is 75.6 Å².